The van der Waals surface area contributed by atoms with Gasteiger partial charge < -0.3 is 4.74 Å². The molecule has 0 bridgehead atoms. The molecule has 0 saturated heterocycles. The van der Waals surface area contributed by atoms with Crippen LogP contribution in [0.5, 0.6) is 0 Å². The van der Waals surface area contributed by atoms with E-state index in [1.54, 1.807) is 0 Å². The van der Waals surface area contributed by atoms with Crippen LogP contribution >= 0.6 is 0 Å². The van der Waals surface area contributed by atoms with Crippen LogP contribution in [0.3, 0.4) is 0 Å². The Morgan fingerprint density at radius 2 is 2.13 bits per heavy atom. The molecule has 2 heteroatoms. The largest absolute Gasteiger partial charge is 0.452 e. The van der Waals surface area contributed by atoms with E-state index in [1.807, 2.05) is 30.3 Å². The van der Waals surface area contributed by atoms with Crippen LogP contribution in [0.25, 0.3) is 0 Å². The normalized spacial score (nSPS) is 8.53. The van der Waals surface area contributed by atoms with Gasteiger partial charge in [0.25, 0.3) is 0 Å². The summed E-state index contributed by atoms with van der Waals surface area (Å²) >= 11 is 0. The molecule has 0 atom stereocenters. The number of hydrogen-bond acceptors (Lipinski definition) is 2. The summed E-state index contributed by atoms with van der Waals surface area (Å²) in [7, 11) is 0. The Balaban J connectivity index is 2.40. The molecule has 1 aromatic carbocycles. The van der Waals surface area contributed by atoms with Gasteiger partial charge in [0, 0.05) is 12.3 Å². The monoisotopic (exact) mass is 200 g/mol. The van der Waals surface area contributed by atoms with Gasteiger partial charge in [0.1, 0.15) is 6.61 Å². The lowest BCUT2D eigenvalue weighted by Gasteiger charge is -1.93. The van der Waals surface area contributed by atoms with Crippen LogP contribution in [0, 0.1) is 11.8 Å². The van der Waals surface area contributed by atoms with Gasteiger partial charge in [-0.05, 0) is 5.56 Å². The average Bonchev–Trinajstić information content (AvgIpc) is 2.28. The molecule has 0 radical (unpaired) electrons. The van der Waals surface area contributed by atoms with Crippen molar-refractivity contribution in [1.82, 2.24) is 0 Å². The van der Waals surface area contributed by atoms with E-state index in [1.165, 1.54) is 6.08 Å². The van der Waals surface area contributed by atoms with Crippen LogP contribution in [0.15, 0.2) is 43.0 Å². The molecular formula is C13H12O2. The molecule has 0 unspecified atom stereocenters. The highest BCUT2D eigenvalue weighted by atomic mass is 16.5. The van der Waals surface area contributed by atoms with Crippen molar-refractivity contribution >= 4 is 5.97 Å². The van der Waals surface area contributed by atoms with Crippen molar-refractivity contribution in [2.45, 2.75) is 6.42 Å². The summed E-state index contributed by atoms with van der Waals surface area (Å²) < 4.78 is 4.70. The van der Waals surface area contributed by atoms with Crippen molar-refractivity contribution < 1.29 is 9.53 Å². The number of esters is 1. The lowest BCUT2D eigenvalue weighted by Crippen LogP contribution is -2.00. The zero-order valence-corrected chi connectivity index (χ0v) is 8.40. The standard InChI is InChI=1S/C13H12O2/c1-2-11-15-13(14)10-6-9-12-7-4-3-5-8-12/h2-5,7-8H,1,9,11H2. The molecular weight excluding hydrogens is 188 g/mol. The third-order valence-corrected chi connectivity index (χ3v) is 1.66. The predicted octanol–water partition coefficient (Wildman–Crippen LogP) is 1.96. The van der Waals surface area contributed by atoms with Crippen molar-refractivity contribution in [3.05, 3.63) is 48.6 Å². The molecule has 0 aliphatic heterocycles. The van der Waals surface area contributed by atoms with E-state index in [2.05, 4.69) is 18.4 Å². The molecule has 0 fully saturated rings. The molecule has 2 nitrogen and oxygen atoms in total. The molecule has 0 N–H and O–H groups in total. The fraction of sp³-hybridized carbons (Fsp3) is 0.154. The van der Waals surface area contributed by atoms with Gasteiger partial charge in [0.05, 0.1) is 0 Å². The summed E-state index contributed by atoms with van der Waals surface area (Å²) in [6.45, 7) is 3.64. The zero-order chi connectivity index (χ0) is 10.9. The number of hydrogen-bond donors (Lipinski definition) is 0. The molecule has 1 rings (SSSR count). The van der Waals surface area contributed by atoms with E-state index < -0.39 is 5.97 Å². The minimum absolute atomic E-state index is 0.207. The Kier molecular flexibility index (Phi) is 4.75. The van der Waals surface area contributed by atoms with E-state index in [0.717, 1.165) is 5.56 Å². The topological polar surface area (TPSA) is 26.3 Å². The van der Waals surface area contributed by atoms with Crippen molar-refractivity contribution in [3.8, 4) is 11.8 Å². The molecule has 15 heavy (non-hydrogen) atoms. The summed E-state index contributed by atoms with van der Waals surface area (Å²) in [6.07, 6.45) is 2.07. The highest BCUT2D eigenvalue weighted by molar-refractivity contribution is 5.88. The summed E-state index contributed by atoms with van der Waals surface area (Å²) in [5, 5.41) is 0. The number of carbonyl (C=O) groups is 1. The second kappa shape index (κ2) is 6.44. The van der Waals surface area contributed by atoms with E-state index in [0.29, 0.717) is 6.42 Å². The second-order valence-electron chi connectivity index (χ2n) is 2.85. The predicted molar refractivity (Wildman–Crippen MR) is 59.1 cm³/mol. The van der Waals surface area contributed by atoms with Gasteiger partial charge in [0.15, 0.2) is 0 Å². The lowest BCUT2D eigenvalue weighted by atomic mass is 10.2. The van der Waals surface area contributed by atoms with Crippen molar-refractivity contribution in [3.63, 3.8) is 0 Å². The maximum absolute atomic E-state index is 10.9. The SMILES string of the molecule is C=CCOC(=O)C#CCc1ccccc1. The molecule has 0 aliphatic rings. The molecule has 0 aliphatic carbocycles. The Hall–Kier alpha value is -2.01. The zero-order valence-electron chi connectivity index (χ0n) is 8.40. The number of benzene rings is 1. The number of carbonyl (C=O) groups excluding carboxylic acids is 1. The Bertz CT molecular complexity index is 382. The lowest BCUT2D eigenvalue weighted by molar-refractivity contribution is -0.135. The molecule has 0 spiro atoms. The molecule has 0 saturated carbocycles. The number of ether oxygens (including phenoxy) is 1. The van der Waals surface area contributed by atoms with Gasteiger partial charge in [-0.15, -0.1) is 0 Å². The van der Waals surface area contributed by atoms with Crippen LogP contribution < -0.4 is 0 Å². The van der Waals surface area contributed by atoms with E-state index in [4.69, 9.17) is 4.74 Å². The van der Waals surface area contributed by atoms with Gasteiger partial charge >= 0.3 is 5.97 Å². The Labute approximate surface area is 89.6 Å². The van der Waals surface area contributed by atoms with Crippen LogP contribution in [-0.4, -0.2) is 12.6 Å². The van der Waals surface area contributed by atoms with Crippen LogP contribution in [0.1, 0.15) is 5.56 Å². The summed E-state index contributed by atoms with van der Waals surface area (Å²) in [6, 6.07) is 9.74. The smallest absolute Gasteiger partial charge is 0.384 e. The Morgan fingerprint density at radius 3 is 2.80 bits per heavy atom. The minimum Gasteiger partial charge on any atom is -0.452 e. The number of rotatable bonds is 3. The van der Waals surface area contributed by atoms with Gasteiger partial charge in [0.2, 0.25) is 0 Å². The van der Waals surface area contributed by atoms with E-state index >= 15 is 0 Å². The first-order valence-electron chi connectivity index (χ1n) is 4.63. The first-order chi connectivity index (χ1) is 7.33. The second-order valence-corrected chi connectivity index (χ2v) is 2.85. The highest BCUT2D eigenvalue weighted by Crippen LogP contribution is 1.97. The highest BCUT2D eigenvalue weighted by Gasteiger charge is 1.92. The molecule has 0 aromatic heterocycles. The fourth-order valence-electron chi connectivity index (χ4n) is 0.985. The quantitative estimate of drug-likeness (QED) is 0.323. The van der Waals surface area contributed by atoms with Crippen LogP contribution in [-0.2, 0) is 16.0 Å². The summed E-state index contributed by atoms with van der Waals surface area (Å²) in [5.74, 6) is 4.65. The molecule has 1 aromatic rings. The van der Waals surface area contributed by atoms with Crippen molar-refractivity contribution in [2.75, 3.05) is 6.61 Å². The van der Waals surface area contributed by atoms with Crippen molar-refractivity contribution in [2.24, 2.45) is 0 Å². The molecule has 0 heterocycles. The molecule has 76 valence electrons. The third-order valence-electron chi connectivity index (χ3n) is 1.66. The van der Waals surface area contributed by atoms with Gasteiger partial charge in [-0.3, -0.25) is 0 Å². The third kappa shape index (κ3) is 4.68. The van der Waals surface area contributed by atoms with Gasteiger partial charge in [-0.1, -0.05) is 48.9 Å². The van der Waals surface area contributed by atoms with Crippen molar-refractivity contribution in [1.29, 1.82) is 0 Å². The van der Waals surface area contributed by atoms with Gasteiger partial charge in [-0.25, -0.2) is 4.79 Å². The maximum atomic E-state index is 10.9. The van der Waals surface area contributed by atoms with E-state index in [-0.39, 0.29) is 6.61 Å². The van der Waals surface area contributed by atoms with E-state index in [9.17, 15) is 4.79 Å². The fourth-order valence-corrected chi connectivity index (χ4v) is 0.985. The van der Waals surface area contributed by atoms with Gasteiger partial charge in [-0.2, -0.15) is 0 Å². The minimum atomic E-state index is -0.508. The van der Waals surface area contributed by atoms with Crippen LogP contribution in [0.4, 0.5) is 0 Å². The first-order valence-corrected chi connectivity index (χ1v) is 4.63. The summed E-state index contributed by atoms with van der Waals surface area (Å²) in [4.78, 5) is 10.9. The summed E-state index contributed by atoms with van der Waals surface area (Å²) in [5.41, 5.74) is 1.08. The maximum Gasteiger partial charge on any atom is 0.384 e. The molecule has 0 amide bonds. The first kappa shape index (κ1) is 11.1. The van der Waals surface area contributed by atoms with Crippen LogP contribution in [0.2, 0.25) is 0 Å². The average molecular weight is 200 g/mol. The Morgan fingerprint density at radius 1 is 1.40 bits per heavy atom.